The molecule has 5 nitrogen and oxygen atoms in total. The summed E-state index contributed by atoms with van der Waals surface area (Å²) >= 11 is 0. The van der Waals surface area contributed by atoms with E-state index >= 15 is 0 Å². The summed E-state index contributed by atoms with van der Waals surface area (Å²) < 4.78 is 0. The summed E-state index contributed by atoms with van der Waals surface area (Å²) in [6, 6.07) is 9.74. The van der Waals surface area contributed by atoms with E-state index in [1.54, 1.807) is 4.90 Å². The van der Waals surface area contributed by atoms with Crippen molar-refractivity contribution in [2.75, 3.05) is 57.8 Å². The number of hydrogen-bond donors (Lipinski definition) is 1. The van der Waals surface area contributed by atoms with E-state index in [1.807, 2.05) is 37.4 Å². The van der Waals surface area contributed by atoms with E-state index in [0.717, 1.165) is 45.0 Å². The van der Waals surface area contributed by atoms with Gasteiger partial charge in [0.1, 0.15) is 0 Å². The number of rotatable bonds is 6. The van der Waals surface area contributed by atoms with Gasteiger partial charge in [0.2, 0.25) is 5.91 Å². The highest BCUT2D eigenvalue weighted by Gasteiger charge is 2.18. The minimum absolute atomic E-state index is 0.152. The molecule has 1 amide bonds. The molecule has 1 aromatic rings. The molecule has 0 aliphatic carbocycles. The molecular weight excluding hydrogens is 266 g/mol. The number of amides is 1. The Balaban J connectivity index is 1.72. The average Bonchev–Trinajstić information content (AvgIpc) is 2.54. The molecule has 21 heavy (non-hydrogen) atoms. The minimum atomic E-state index is 0.152. The third kappa shape index (κ3) is 4.81. The Morgan fingerprint density at radius 2 is 1.67 bits per heavy atom. The normalized spacial score (nSPS) is 16.9. The van der Waals surface area contributed by atoms with Gasteiger partial charge in [0.15, 0.2) is 0 Å². The number of benzene rings is 1. The first-order valence-electron chi connectivity index (χ1n) is 7.58. The third-order valence-corrected chi connectivity index (χ3v) is 4.04. The molecule has 0 radical (unpaired) electrons. The second-order valence-electron chi connectivity index (χ2n) is 5.45. The predicted molar refractivity (Wildman–Crippen MR) is 84.4 cm³/mol. The van der Waals surface area contributed by atoms with Gasteiger partial charge in [-0.25, -0.2) is 0 Å². The quantitative estimate of drug-likeness (QED) is 0.836. The number of β-amino-alcohol motifs (C(OH)–C–C–N with tert-alkyl or cyclic N) is 1. The number of anilines is 1. The topological polar surface area (TPSA) is 47.0 Å². The van der Waals surface area contributed by atoms with Crippen molar-refractivity contribution in [3.05, 3.63) is 30.3 Å². The number of piperazine rings is 1. The van der Waals surface area contributed by atoms with Crippen molar-refractivity contribution >= 4 is 11.6 Å². The fourth-order valence-corrected chi connectivity index (χ4v) is 2.59. The minimum Gasteiger partial charge on any atom is -0.395 e. The van der Waals surface area contributed by atoms with Crippen LogP contribution in [0, 0.1) is 0 Å². The highest BCUT2D eigenvalue weighted by atomic mass is 16.3. The van der Waals surface area contributed by atoms with E-state index in [0.29, 0.717) is 6.42 Å². The molecule has 116 valence electrons. The first-order valence-corrected chi connectivity index (χ1v) is 7.58. The van der Waals surface area contributed by atoms with Gasteiger partial charge in [0.25, 0.3) is 0 Å². The number of para-hydroxylation sites is 1. The number of carbonyl (C=O) groups excluding carboxylic acids is 1. The first kappa shape index (κ1) is 15.9. The van der Waals surface area contributed by atoms with Gasteiger partial charge in [-0.05, 0) is 12.1 Å². The van der Waals surface area contributed by atoms with Crippen LogP contribution in [0.5, 0.6) is 0 Å². The molecule has 1 aliphatic rings. The molecule has 1 aliphatic heterocycles. The zero-order chi connectivity index (χ0) is 15.1. The Morgan fingerprint density at radius 3 is 2.24 bits per heavy atom. The molecule has 1 N–H and O–H groups in total. The van der Waals surface area contributed by atoms with Crippen LogP contribution in [0.4, 0.5) is 5.69 Å². The Labute approximate surface area is 126 Å². The van der Waals surface area contributed by atoms with Gasteiger partial charge >= 0.3 is 0 Å². The Bertz CT molecular complexity index is 430. The van der Waals surface area contributed by atoms with Crippen LogP contribution in [0.3, 0.4) is 0 Å². The number of aliphatic hydroxyl groups is 1. The Morgan fingerprint density at radius 1 is 1.10 bits per heavy atom. The van der Waals surface area contributed by atoms with E-state index in [2.05, 4.69) is 9.80 Å². The third-order valence-electron chi connectivity index (χ3n) is 4.04. The Hall–Kier alpha value is -1.43. The van der Waals surface area contributed by atoms with Gasteiger partial charge < -0.3 is 14.9 Å². The summed E-state index contributed by atoms with van der Waals surface area (Å²) in [5.74, 6) is 0.152. The largest absolute Gasteiger partial charge is 0.395 e. The van der Waals surface area contributed by atoms with Crippen LogP contribution in [-0.2, 0) is 4.79 Å². The smallest absolute Gasteiger partial charge is 0.228 e. The van der Waals surface area contributed by atoms with Gasteiger partial charge in [0.05, 0.1) is 6.61 Å². The molecule has 1 aromatic carbocycles. The van der Waals surface area contributed by atoms with E-state index in [1.165, 1.54) is 0 Å². The molecular formula is C16H25N3O2. The van der Waals surface area contributed by atoms with Crippen molar-refractivity contribution in [1.29, 1.82) is 0 Å². The highest BCUT2D eigenvalue weighted by molar-refractivity contribution is 5.92. The van der Waals surface area contributed by atoms with Crippen LogP contribution in [0.15, 0.2) is 30.3 Å². The first-order chi connectivity index (χ1) is 10.2. The van der Waals surface area contributed by atoms with Crippen molar-refractivity contribution in [3.8, 4) is 0 Å². The molecule has 0 atom stereocenters. The molecule has 0 aromatic heterocycles. The van der Waals surface area contributed by atoms with Crippen LogP contribution in [0.25, 0.3) is 0 Å². The van der Waals surface area contributed by atoms with Crippen LogP contribution in [0.2, 0.25) is 0 Å². The van der Waals surface area contributed by atoms with Gasteiger partial charge in [-0.15, -0.1) is 0 Å². The summed E-state index contributed by atoms with van der Waals surface area (Å²) in [5, 5.41) is 8.92. The van der Waals surface area contributed by atoms with Crippen molar-refractivity contribution in [2.45, 2.75) is 6.42 Å². The molecule has 0 bridgehead atoms. The van der Waals surface area contributed by atoms with Crippen LogP contribution in [-0.4, -0.2) is 73.7 Å². The van der Waals surface area contributed by atoms with Crippen LogP contribution in [0.1, 0.15) is 6.42 Å². The standard InChI is InChI=1S/C16H25N3O2/c1-17(15-5-3-2-4-6-15)16(21)7-8-18-9-11-19(12-10-18)13-14-20/h2-6,20H,7-14H2,1H3. The van der Waals surface area contributed by atoms with Crippen LogP contribution < -0.4 is 4.90 Å². The lowest BCUT2D eigenvalue weighted by Crippen LogP contribution is -2.47. The monoisotopic (exact) mass is 291 g/mol. The number of carbonyl (C=O) groups is 1. The van der Waals surface area contributed by atoms with Gasteiger partial charge in [0, 0.05) is 58.4 Å². The summed E-state index contributed by atoms with van der Waals surface area (Å²) in [4.78, 5) is 18.5. The molecule has 0 saturated carbocycles. The lowest BCUT2D eigenvalue weighted by Gasteiger charge is -2.34. The summed E-state index contributed by atoms with van der Waals surface area (Å²) in [6.45, 7) is 5.68. The Kier molecular flexibility index (Phi) is 6.17. The summed E-state index contributed by atoms with van der Waals surface area (Å²) in [5.41, 5.74) is 0.940. The van der Waals surface area contributed by atoms with Gasteiger partial charge in [-0.2, -0.15) is 0 Å². The maximum absolute atomic E-state index is 12.2. The maximum Gasteiger partial charge on any atom is 0.228 e. The van der Waals surface area contributed by atoms with Crippen molar-refractivity contribution in [2.24, 2.45) is 0 Å². The van der Waals surface area contributed by atoms with E-state index in [-0.39, 0.29) is 12.5 Å². The van der Waals surface area contributed by atoms with E-state index in [9.17, 15) is 4.79 Å². The fourth-order valence-electron chi connectivity index (χ4n) is 2.59. The lowest BCUT2D eigenvalue weighted by atomic mass is 10.2. The number of aliphatic hydroxyl groups excluding tert-OH is 1. The molecule has 1 heterocycles. The second kappa shape index (κ2) is 8.12. The molecule has 1 saturated heterocycles. The molecule has 0 unspecified atom stereocenters. The SMILES string of the molecule is CN(C(=O)CCN1CCN(CCO)CC1)c1ccccc1. The summed E-state index contributed by atoms with van der Waals surface area (Å²) in [6.07, 6.45) is 0.547. The van der Waals surface area contributed by atoms with Gasteiger partial charge in [-0.3, -0.25) is 9.69 Å². The van der Waals surface area contributed by atoms with Crippen LogP contribution >= 0.6 is 0 Å². The summed E-state index contributed by atoms with van der Waals surface area (Å²) in [7, 11) is 1.83. The molecule has 5 heteroatoms. The fraction of sp³-hybridized carbons (Fsp3) is 0.562. The number of nitrogens with zero attached hydrogens (tertiary/aromatic N) is 3. The number of hydrogen-bond acceptors (Lipinski definition) is 4. The van der Waals surface area contributed by atoms with Crippen molar-refractivity contribution in [3.63, 3.8) is 0 Å². The predicted octanol–water partition coefficient (Wildman–Crippen LogP) is 0.649. The zero-order valence-corrected chi connectivity index (χ0v) is 12.7. The average molecular weight is 291 g/mol. The lowest BCUT2D eigenvalue weighted by molar-refractivity contribution is -0.118. The molecule has 2 rings (SSSR count). The molecule has 0 spiro atoms. The van der Waals surface area contributed by atoms with Gasteiger partial charge in [-0.1, -0.05) is 18.2 Å². The maximum atomic E-state index is 12.2. The van der Waals surface area contributed by atoms with E-state index in [4.69, 9.17) is 5.11 Å². The second-order valence-corrected chi connectivity index (χ2v) is 5.45. The van der Waals surface area contributed by atoms with Crippen molar-refractivity contribution in [1.82, 2.24) is 9.80 Å². The molecule has 1 fully saturated rings. The van der Waals surface area contributed by atoms with Crippen molar-refractivity contribution < 1.29 is 9.90 Å². The highest BCUT2D eigenvalue weighted by Crippen LogP contribution is 2.12. The zero-order valence-electron chi connectivity index (χ0n) is 12.7. The van der Waals surface area contributed by atoms with E-state index < -0.39 is 0 Å².